The fourth-order valence-electron chi connectivity index (χ4n) is 2.56. The topological polar surface area (TPSA) is 12.0 Å². The average molecular weight is 293 g/mol. The van der Waals surface area contributed by atoms with Gasteiger partial charge in [0.25, 0.3) is 0 Å². The molecule has 0 bridgehead atoms. The van der Waals surface area contributed by atoms with Crippen LogP contribution in [-0.2, 0) is 12.7 Å². The third kappa shape index (κ3) is 3.57. The number of para-hydroxylation sites is 1. The molecule has 0 aliphatic rings. The first-order valence-electron chi connectivity index (χ1n) is 6.76. The van der Waals surface area contributed by atoms with Crippen LogP contribution in [0.15, 0.2) is 36.4 Å². The van der Waals surface area contributed by atoms with Crippen molar-refractivity contribution in [2.45, 2.75) is 33.5 Å². The van der Waals surface area contributed by atoms with Gasteiger partial charge >= 0.3 is 6.18 Å². The standard InChI is InChI=1S/C17H18F3N/c1-11-8-12(2)14(13(3)9-11)10-21-16-7-5-4-6-15(16)17(18,19)20/h4-9,21H,10H2,1-3H3. The molecule has 2 rings (SSSR count). The van der Waals surface area contributed by atoms with E-state index in [1.807, 2.05) is 32.9 Å². The van der Waals surface area contributed by atoms with Crippen LogP contribution in [0.1, 0.15) is 27.8 Å². The smallest absolute Gasteiger partial charge is 0.380 e. The number of halogens is 3. The molecule has 0 saturated heterocycles. The fraction of sp³-hybridized carbons (Fsp3) is 0.294. The van der Waals surface area contributed by atoms with Gasteiger partial charge in [-0.2, -0.15) is 13.2 Å². The number of hydrogen-bond acceptors (Lipinski definition) is 1. The Morgan fingerprint density at radius 2 is 1.52 bits per heavy atom. The highest BCUT2D eigenvalue weighted by atomic mass is 19.4. The summed E-state index contributed by atoms with van der Waals surface area (Å²) in [7, 11) is 0. The molecule has 0 unspecified atom stereocenters. The highest BCUT2D eigenvalue weighted by molar-refractivity contribution is 5.53. The predicted octanol–water partition coefficient (Wildman–Crippen LogP) is 5.24. The predicted molar refractivity (Wildman–Crippen MR) is 79.4 cm³/mol. The summed E-state index contributed by atoms with van der Waals surface area (Å²) >= 11 is 0. The summed E-state index contributed by atoms with van der Waals surface area (Å²) < 4.78 is 38.8. The lowest BCUT2D eigenvalue weighted by atomic mass is 9.99. The Balaban J connectivity index is 2.26. The number of rotatable bonds is 3. The van der Waals surface area contributed by atoms with Crippen molar-refractivity contribution < 1.29 is 13.2 Å². The first kappa shape index (κ1) is 15.4. The van der Waals surface area contributed by atoms with Gasteiger partial charge in [-0.25, -0.2) is 0 Å². The van der Waals surface area contributed by atoms with Crippen LogP contribution in [0.2, 0.25) is 0 Å². The van der Waals surface area contributed by atoms with Crippen molar-refractivity contribution in [3.8, 4) is 0 Å². The quantitative estimate of drug-likeness (QED) is 0.815. The van der Waals surface area contributed by atoms with Gasteiger partial charge in [-0.1, -0.05) is 29.8 Å². The number of anilines is 1. The van der Waals surface area contributed by atoms with E-state index in [1.165, 1.54) is 12.1 Å². The van der Waals surface area contributed by atoms with Crippen molar-refractivity contribution in [3.63, 3.8) is 0 Å². The molecule has 0 radical (unpaired) electrons. The molecule has 1 nitrogen and oxygen atoms in total. The van der Waals surface area contributed by atoms with Gasteiger partial charge in [0.15, 0.2) is 0 Å². The SMILES string of the molecule is Cc1cc(C)c(CNc2ccccc2C(F)(F)F)c(C)c1. The monoisotopic (exact) mass is 293 g/mol. The molecule has 0 heterocycles. The maximum atomic E-state index is 12.9. The van der Waals surface area contributed by atoms with Gasteiger partial charge in [-0.3, -0.25) is 0 Å². The molecule has 21 heavy (non-hydrogen) atoms. The molecule has 0 saturated carbocycles. The molecule has 0 aliphatic heterocycles. The molecular formula is C17H18F3N. The summed E-state index contributed by atoms with van der Waals surface area (Å²) in [4.78, 5) is 0. The molecule has 0 aromatic heterocycles. The second kappa shape index (κ2) is 5.80. The van der Waals surface area contributed by atoms with E-state index < -0.39 is 11.7 Å². The maximum absolute atomic E-state index is 12.9. The third-order valence-corrected chi connectivity index (χ3v) is 3.53. The van der Waals surface area contributed by atoms with E-state index in [9.17, 15) is 13.2 Å². The first-order chi connectivity index (χ1) is 9.79. The summed E-state index contributed by atoms with van der Waals surface area (Å²) in [6, 6.07) is 9.64. The Morgan fingerprint density at radius 1 is 0.952 bits per heavy atom. The summed E-state index contributed by atoms with van der Waals surface area (Å²) in [5.41, 5.74) is 3.85. The maximum Gasteiger partial charge on any atom is 0.418 e. The minimum atomic E-state index is -4.35. The zero-order valence-corrected chi connectivity index (χ0v) is 12.3. The van der Waals surface area contributed by atoms with Crippen LogP contribution in [0.5, 0.6) is 0 Å². The summed E-state index contributed by atoms with van der Waals surface area (Å²) in [6.07, 6.45) is -4.35. The van der Waals surface area contributed by atoms with Crippen LogP contribution in [0.4, 0.5) is 18.9 Å². The van der Waals surface area contributed by atoms with Gasteiger partial charge in [0.1, 0.15) is 0 Å². The van der Waals surface area contributed by atoms with E-state index in [1.54, 1.807) is 6.07 Å². The van der Waals surface area contributed by atoms with E-state index in [4.69, 9.17) is 0 Å². The Bertz CT molecular complexity index is 622. The van der Waals surface area contributed by atoms with Gasteiger partial charge < -0.3 is 5.32 Å². The number of nitrogens with one attached hydrogen (secondary N) is 1. The van der Waals surface area contributed by atoms with E-state index in [-0.39, 0.29) is 5.69 Å². The van der Waals surface area contributed by atoms with Gasteiger partial charge in [0, 0.05) is 12.2 Å². The highest BCUT2D eigenvalue weighted by Crippen LogP contribution is 2.34. The van der Waals surface area contributed by atoms with Gasteiger partial charge in [0.05, 0.1) is 5.56 Å². The second-order valence-corrected chi connectivity index (χ2v) is 5.27. The lowest BCUT2D eigenvalue weighted by Gasteiger charge is -2.17. The third-order valence-electron chi connectivity index (χ3n) is 3.53. The Morgan fingerprint density at radius 3 is 2.10 bits per heavy atom. The van der Waals surface area contributed by atoms with E-state index in [0.717, 1.165) is 28.3 Å². The zero-order valence-electron chi connectivity index (χ0n) is 12.3. The zero-order chi connectivity index (χ0) is 15.6. The largest absolute Gasteiger partial charge is 0.418 e. The molecule has 0 atom stereocenters. The van der Waals surface area contributed by atoms with Crippen molar-refractivity contribution in [3.05, 3.63) is 64.2 Å². The first-order valence-corrected chi connectivity index (χ1v) is 6.76. The van der Waals surface area contributed by atoms with Crippen LogP contribution < -0.4 is 5.32 Å². The molecule has 1 N–H and O–H groups in total. The van der Waals surface area contributed by atoms with E-state index in [0.29, 0.717) is 6.54 Å². The van der Waals surface area contributed by atoms with Crippen molar-refractivity contribution in [1.82, 2.24) is 0 Å². The molecule has 112 valence electrons. The van der Waals surface area contributed by atoms with Crippen molar-refractivity contribution in [1.29, 1.82) is 0 Å². The molecule has 2 aromatic rings. The normalized spacial score (nSPS) is 11.5. The molecular weight excluding hydrogens is 275 g/mol. The van der Waals surface area contributed by atoms with Crippen LogP contribution in [0, 0.1) is 20.8 Å². The number of hydrogen-bond donors (Lipinski definition) is 1. The van der Waals surface area contributed by atoms with Crippen molar-refractivity contribution >= 4 is 5.69 Å². The molecule has 4 heteroatoms. The minimum absolute atomic E-state index is 0.115. The molecule has 2 aromatic carbocycles. The average Bonchev–Trinajstić information content (AvgIpc) is 2.36. The molecule has 0 aliphatic carbocycles. The second-order valence-electron chi connectivity index (χ2n) is 5.27. The minimum Gasteiger partial charge on any atom is -0.380 e. The number of benzene rings is 2. The van der Waals surface area contributed by atoms with Crippen molar-refractivity contribution in [2.24, 2.45) is 0 Å². The van der Waals surface area contributed by atoms with Gasteiger partial charge in [-0.15, -0.1) is 0 Å². The van der Waals surface area contributed by atoms with Crippen LogP contribution in [-0.4, -0.2) is 0 Å². The number of aryl methyl sites for hydroxylation is 3. The summed E-state index contributed by atoms with van der Waals surface area (Å²) in [5.74, 6) is 0. The van der Waals surface area contributed by atoms with E-state index in [2.05, 4.69) is 5.32 Å². The Kier molecular flexibility index (Phi) is 4.26. The van der Waals surface area contributed by atoms with Crippen LogP contribution >= 0.6 is 0 Å². The summed E-state index contributed by atoms with van der Waals surface area (Å²) in [6.45, 7) is 6.35. The lowest BCUT2D eigenvalue weighted by Crippen LogP contribution is -2.11. The van der Waals surface area contributed by atoms with Crippen LogP contribution in [0.25, 0.3) is 0 Å². The Hall–Kier alpha value is -1.97. The molecule has 0 fully saturated rings. The van der Waals surface area contributed by atoms with Gasteiger partial charge in [0.2, 0.25) is 0 Å². The van der Waals surface area contributed by atoms with Gasteiger partial charge in [-0.05, 0) is 49.6 Å². The molecule has 0 amide bonds. The number of alkyl halides is 3. The fourth-order valence-corrected chi connectivity index (χ4v) is 2.56. The van der Waals surface area contributed by atoms with Crippen LogP contribution in [0.3, 0.4) is 0 Å². The molecule has 0 spiro atoms. The summed E-state index contributed by atoms with van der Waals surface area (Å²) in [5, 5.41) is 2.92. The van der Waals surface area contributed by atoms with Crippen molar-refractivity contribution in [2.75, 3.05) is 5.32 Å². The highest BCUT2D eigenvalue weighted by Gasteiger charge is 2.33. The Labute approximate surface area is 122 Å². The lowest BCUT2D eigenvalue weighted by molar-refractivity contribution is -0.136. The van der Waals surface area contributed by atoms with E-state index >= 15 is 0 Å².